The number of alkyl halides is 3. The van der Waals surface area contributed by atoms with E-state index in [1.165, 1.54) is 41.1 Å². The fourth-order valence-corrected chi connectivity index (χ4v) is 2.98. The number of hydrogen-bond donors (Lipinski definition) is 1. The minimum atomic E-state index is -4.81. The Labute approximate surface area is 172 Å². The molecule has 0 saturated heterocycles. The van der Waals surface area contributed by atoms with Gasteiger partial charge in [-0.25, -0.2) is 4.68 Å². The number of aromatic nitrogens is 3. The number of hydrogen-bond acceptors (Lipinski definition) is 3. The van der Waals surface area contributed by atoms with Crippen molar-refractivity contribution in [3.8, 4) is 11.4 Å². The Morgan fingerprint density at radius 2 is 1.76 bits per heavy atom. The molecule has 29 heavy (non-hydrogen) atoms. The van der Waals surface area contributed by atoms with E-state index in [2.05, 4.69) is 10.4 Å². The van der Waals surface area contributed by atoms with E-state index in [-0.39, 0.29) is 22.3 Å². The van der Waals surface area contributed by atoms with Crippen LogP contribution in [-0.4, -0.2) is 26.8 Å². The van der Waals surface area contributed by atoms with Crippen molar-refractivity contribution < 1.29 is 18.0 Å². The Bertz CT molecular complexity index is 1120. The van der Waals surface area contributed by atoms with Gasteiger partial charge in [0.05, 0.1) is 22.5 Å². The molecule has 11 heteroatoms. The van der Waals surface area contributed by atoms with Crippen LogP contribution in [0.3, 0.4) is 0 Å². The summed E-state index contributed by atoms with van der Waals surface area (Å²) in [5, 5.41) is 5.98. The van der Waals surface area contributed by atoms with Gasteiger partial charge in [0.25, 0.3) is 11.5 Å². The van der Waals surface area contributed by atoms with Gasteiger partial charge in [0, 0.05) is 18.4 Å². The monoisotopic (exact) mass is 444 g/mol. The van der Waals surface area contributed by atoms with Crippen LogP contribution in [0, 0.1) is 0 Å². The van der Waals surface area contributed by atoms with E-state index in [1.807, 2.05) is 0 Å². The van der Waals surface area contributed by atoms with Crippen molar-refractivity contribution in [2.24, 2.45) is 0 Å². The highest BCUT2D eigenvalue weighted by atomic mass is 35.5. The van der Waals surface area contributed by atoms with Crippen molar-refractivity contribution in [2.45, 2.75) is 13.1 Å². The average molecular weight is 445 g/mol. The van der Waals surface area contributed by atoms with Gasteiger partial charge in [0.2, 0.25) is 0 Å². The number of carbonyl (C=O) groups is 1. The van der Waals surface area contributed by atoms with E-state index in [4.69, 9.17) is 23.2 Å². The molecule has 2 heterocycles. The molecule has 0 saturated carbocycles. The predicted octanol–water partition coefficient (Wildman–Crippen LogP) is 4.10. The van der Waals surface area contributed by atoms with Crippen LogP contribution in [-0.2, 0) is 6.18 Å². The molecular formula is C18H13Cl2F3N4O2. The summed E-state index contributed by atoms with van der Waals surface area (Å²) in [6.07, 6.45) is -2.55. The number of halogens is 5. The van der Waals surface area contributed by atoms with Crippen LogP contribution in [0.4, 0.5) is 13.2 Å². The average Bonchev–Trinajstić information content (AvgIpc) is 3.12. The van der Waals surface area contributed by atoms with Crippen molar-refractivity contribution >= 4 is 29.1 Å². The Morgan fingerprint density at radius 1 is 1.14 bits per heavy atom. The molecule has 1 N–H and O–H groups in total. The molecule has 0 aliphatic heterocycles. The van der Waals surface area contributed by atoms with E-state index < -0.39 is 28.9 Å². The second-order valence-corrected chi connectivity index (χ2v) is 6.63. The maximum absolute atomic E-state index is 13.6. The molecule has 152 valence electrons. The molecule has 0 fully saturated rings. The third-order valence-electron chi connectivity index (χ3n) is 3.98. The van der Waals surface area contributed by atoms with Gasteiger partial charge in [0.1, 0.15) is 5.02 Å². The summed E-state index contributed by atoms with van der Waals surface area (Å²) >= 11 is 11.6. The summed E-state index contributed by atoms with van der Waals surface area (Å²) < 4.78 is 42.6. The zero-order chi connectivity index (χ0) is 21.3. The molecule has 2 aromatic heterocycles. The van der Waals surface area contributed by atoms with Crippen LogP contribution in [0.2, 0.25) is 10.0 Å². The smallest absolute Gasteiger partial charge is 0.352 e. The molecule has 0 radical (unpaired) electrons. The molecule has 0 aliphatic carbocycles. The van der Waals surface area contributed by atoms with E-state index in [9.17, 15) is 22.8 Å². The zero-order valence-corrected chi connectivity index (χ0v) is 16.3. The number of rotatable bonds is 4. The molecule has 6 nitrogen and oxygen atoms in total. The van der Waals surface area contributed by atoms with Crippen LogP contribution in [0.5, 0.6) is 0 Å². The first-order valence-corrected chi connectivity index (χ1v) is 9.01. The summed E-state index contributed by atoms with van der Waals surface area (Å²) in [7, 11) is 0. The number of pyridine rings is 1. The lowest BCUT2D eigenvalue weighted by atomic mass is 10.2. The Hall–Kier alpha value is -2.78. The van der Waals surface area contributed by atoms with Crippen LogP contribution in [0.1, 0.15) is 23.0 Å². The van der Waals surface area contributed by atoms with E-state index in [0.29, 0.717) is 10.4 Å². The van der Waals surface area contributed by atoms with Crippen LogP contribution >= 0.6 is 23.2 Å². The lowest BCUT2D eigenvalue weighted by molar-refractivity contribution is -0.143. The van der Waals surface area contributed by atoms with E-state index in [0.717, 1.165) is 6.20 Å². The highest BCUT2D eigenvalue weighted by Gasteiger charge is 2.40. The predicted molar refractivity (Wildman–Crippen MR) is 102 cm³/mol. The maximum atomic E-state index is 13.6. The van der Waals surface area contributed by atoms with E-state index >= 15 is 0 Å². The zero-order valence-electron chi connectivity index (χ0n) is 14.8. The molecule has 3 rings (SSSR count). The number of amides is 1. The molecule has 1 aromatic carbocycles. The SMILES string of the molecule is CCNC(=O)c1cnn(-c2ccc(-n3ccc(Cl)c(Cl)c3=O)cc2)c1C(F)(F)F. The first-order valence-electron chi connectivity index (χ1n) is 8.26. The van der Waals surface area contributed by atoms with E-state index in [1.54, 1.807) is 6.92 Å². The Kier molecular flexibility index (Phi) is 5.72. The highest BCUT2D eigenvalue weighted by molar-refractivity contribution is 6.41. The van der Waals surface area contributed by atoms with Crippen LogP contribution in [0.25, 0.3) is 11.4 Å². The minimum absolute atomic E-state index is 0.0599. The van der Waals surface area contributed by atoms with Gasteiger partial charge in [0.15, 0.2) is 5.69 Å². The molecule has 0 aliphatic rings. The fourth-order valence-electron chi connectivity index (χ4n) is 2.69. The lowest BCUT2D eigenvalue weighted by Gasteiger charge is -2.13. The summed E-state index contributed by atoms with van der Waals surface area (Å²) in [5.41, 5.74) is -1.92. The van der Waals surface area contributed by atoms with Crippen molar-refractivity contribution in [1.29, 1.82) is 0 Å². The molecule has 1 amide bonds. The first-order chi connectivity index (χ1) is 13.6. The minimum Gasteiger partial charge on any atom is -0.352 e. The molecular weight excluding hydrogens is 432 g/mol. The van der Waals surface area contributed by atoms with Gasteiger partial charge < -0.3 is 5.32 Å². The topological polar surface area (TPSA) is 68.9 Å². The highest BCUT2D eigenvalue weighted by Crippen LogP contribution is 2.33. The number of benzene rings is 1. The summed E-state index contributed by atoms with van der Waals surface area (Å²) in [4.78, 5) is 24.2. The quantitative estimate of drug-likeness (QED) is 0.658. The standard InChI is InChI=1S/C18H13Cl2F3N4O2/c1-2-24-16(28)12-9-25-27(15(12)18(21,22)23)11-5-3-10(4-6-11)26-8-7-13(19)14(20)17(26)29/h3-9H,2H2,1H3,(H,24,28). The number of nitrogens with zero attached hydrogens (tertiary/aromatic N) is 3. The molecule has 3 aromatic rings. The second-order valence-electron chi connectivity index (χ2n) is 5.85. The third kappa shape index (κ3) is 4.01. The van der Waals surface area contributed by atoms with Crippen molar-refractivity contribution in [3.05, 3.63) is 74.4 Å². The first kappa shape index (κ1) is 20.9. The Morgan fingerprint density at radius 3 is 2.34 bits per heavy atom. The van der Waals surface area contributed by atoms with Crippen molar-refractivity contribution in [3.63, 3.8) is 0 Å². The van der Waals surface area contributed by atoms with Gasteiger partial charge in [-0.05, 0) is 37.3 Å². The van der Waals surface area contributed by atoms with Gasteiger partial charge in [-0.2, -0.15) is 18.3 Å². The number of carbonyl (C=O) groups excluding carboxylic acids is 1. The summed E-state index contributed by atoms with van der Waals surface area (Å²) in [6.45, 7) is 1.77. The normalized spacial score (nSPS) is 11.5. The number of nitrogens with one attached hydrogen (secondary N) is 1. The molecule has 0 atom stereocenters. The van der Waals surface area contributed by atoms with Gasteiger partial charge in [-0.3, -0.25) is 14.2 Å². The Balaban J connectivity index is 2.06. The summed E-state index contributed by atoms with van der Waals surface area (Å²) in [5.74, 6) is -0.870. The third-order valence-corrected chi connectivity index (χ3v) is 4.76. The van der Waals surface area contributed by atoms with Crippen LogP contribution in [0.15, 0.2) is 47.5 Å². The van der Waals surface area contributed by atoms with Crippen molar-refractivity contribution in [1.82, 2.24) is 19.7 Å². The van der Waals surface area contributed by atoms with Crippen molar-refractivity contribution in [2.75, 3.05) is 6.54 Å². The lowest BCUT2D eigenvalue weighted by Crippen LogP contribution is -2.26. The van der Waals surface area contributed by atoms with Gasteiger partial charge in [-0.15, -0.1) is 0 Å². The fraction of sp³-hybridized carbons (Fsp3) is 0.167. The molecule has 0 unspecified atom stereocenters. The summed E-state index contributed by atoms with van der Waals surface area (Å²) in [6, 6.07) is 6.96. The van der Waals surface area contributed by atoms with Gasteiger partial charge in [-0.1, -0.05) is 23.2 Å². The maximum Gasteiger partial charge on any atom is 0.434 e. The molecule has 0 spiro atoms. The van der Waals surface area contributed by atoms with Crippen LogP contribution < -0.4 is 10.9 Å². The largest absolute Gasteiger partial charge is 0.434 e. The molecule has 0 bridgehead atoms. The van der Waals surface area contributed by atoms with Gasteiger partial charge >= 0.3 is 6.18 Å². The second kappa shape index (κ2) is 7.92.